The smallest absolute Gasteiger partial charge is 0.123 e. The van der Waals surface area contributed by atoms with E-state index in [2.05, 4.69) is 4.90 Å². The average Bonchev–Trinajstić information content (AvgIpc) is 2.45. The first-order chi connectivity index (χ1) is 10.1. The number of hydrogen-bond acceptors (Lipinski definition) is 2. The van der Waals surface area contributed by atoms with Crippen LogP contribution in [-0.2, 0) is 6.54 Å². The zero-order chi connectivity index (χ0) is 15.2. The summed E-state index contributed by atoms with van der Waals surface area (Å²) in [6, 6.07) is 13.9. The molecule has 2 nitrogen and oxygen atoms in total. The number of aliphatic hydroxyl groups excluding tert-OH is 1. The maximum atomic E-state index is 13.1. The van der Waals surface area contributed by atoms with Gasteiger partial charge in [-0.2, -0.15) is 0 Å². The molecule has 1 atom stereocenters. The highest BCUT2D eigenvalue weighted by Crippen LogP contribution is 2.24. The third-order valence-corrected chi connectivity index (χ3v) is 3.73. The summed E-state index contributed by atoms with van der Waals surface area (Å²) in [5, 5.41) is 10.8. The molecule has 0 saturated heterocycles. The van der Waals surface area contributed by atoms with Crippen molar-refractivity contribution in [2.24, 2.45) is 0 Å². The first-order valence-electron chi connectivity index (χ1n) is 6.92. The largest absolute Gasteiger partial charge is 0.388 e. The Balaban J connectivity index is 1.86. The lowest BCUT2D eigenvalue weighted by molar-refractivity contribution is 0.147. The van der Waals surface area contributed by atoms with Crippen LogP contribution in [0.1, 0.15) is 23.7 Å². The number of hydrogen-bond donors (Lipinski definition) is 1. The molecule has 0 aromatic heterocycles. The summed E-state index contributed by atoms with van der Waals surface area (Å²) >= 11 is 6.07. The van der Waals surface area contributed by atoms with Gasteiger partial charge in [0.25, 0.3) is 0 Å². The van der Waals surface area contributed by atoms with E-state index in [-0.39, 0.29) is 5.82 Å². The first-order valence-corrected chi connectivity index (χ1v) is 7.29. The Morgan fingerprint density at radius 3 is 2.67 bits per heavy atom. The van der Waals surface area contributed by atoms with Crippen LogP contribution >= 0.6 is 11.6 Å². The number of aliphatic hydroxyl groups is 1. The molecule has 2 aromatic carbocycles. The van der Waals surface area contributed by atoms with Gasteiger partial charge in [-0.05, 0) is 42.8 Å². The number of rotatable bonds is 6. The van der Waals surface area contributed by atoms with Gasteiger partial charge in [0.05, 0.1) is 6.10 Å². The Morgan fingerprint density at radius 1 is 1.19 bits per heavy atom. The van der Waals surface area contributed by atoms with Crippen LogP contribution in [0.25, 0.3) is 0 Å². The molecule has 2 aromatic rings. The second-order valence-electron chi connectivity index (χ2n) is 5.19. The average molecular weight is 308 g/mol. The van der Waals surface area contributed by atoms with Gasteiger partial charge in [-0.15, -0.1) is 0 Å². The molecule has 0 aliphatic heterocycles. The molecular weight excluding hydrogens is 289 g/mol. The van der Waals surface area contributed by atoms with Gasteiger partial charge in [0.1, 0.15) is 5.82 Å². The quantitative estimate of drug-likeness (QED) is 0.871. The fourth-order valence-corrected chi connectivity index (χ4v) is 2.53. The maximum absolute atomic E-state index is 13.1. The minimum Gasteiger partial charge on any atom is -0.388 e. The second-order valence-corrected chi connectivity index (χ2v) is 5.60. The highest BCUT2D eigenvalue weighted by Gasteiger charge is 2.12. The summed E-state index contributed by atoms with van der Waals surface area (Å²) in [5.74, 6) is -0.225. The standard InChI is InChI=1S/C17H19ClFNO/c1-20(12-13-5-4-6-14(19)11-13)10-9-17(21)15-7-2-3-8-16(15)18/h2-8,11,17,21H,9-10,12H2,1H3. The van der Waals surface area contributed by atoms with Crippen LogP contribution < -0.4 is 0 Å². The van der Waals surface area contributed by atoms with Gasteiger partial charge < -0.3 is 10.0 Å². The molecule has 0 spiro atoms. The predicted octanol–water partition coefficient (Wildman–Crippen LogP) is 4.03. The Bertz CT molecular complexity index is 591. The van der Waals surface area contributed by atoms with E-state index in [1.54, 1.807) is 12.1 Å². The third-order valence-electron chi connectivity index (χ3n) is 3.39. The van der Waals surface area contributed by atoms with Gasteiger partial charge >= 0.3 is 0 Å². The molecule has 21 heavy (non-hydrogen) atoms. The van der Waals surface area contributed by atoms with Crippen LogP contribution in [-0.4, -0.2) is 23.6 Å². The molecule has 0 bridgehead atoms. The molecular formula is C17H19ClFNO. The van der Waals surface area contributed by atoms with Crippen LogP contribution in [0.2, 0.25) is 5.02 Å². The summed E-state index contributed by atoms with van der Waals surface area (Å²) in [4.78, 5) is 2.05. The summed E-state index contributed by atoms with van der Waals surface area (Å²) in [5.41, 5.74) is 1.67. The Morgan fingerprint density at radius 2 is 1.95 bits per heavy atom. The third kappa shape index (κ3) is 4.81. The van der Waals surface area contributed by atoms with Crippen LogP contribution in [0.3, 0.4) is 0 Å². The van der Waals surface area contributed by atoms with Crippen molar-refractivity contribution in [3.05, 3.63) is 70.5 Å². The Hall–Kier alpha value is -1.42. The molecule has 4 heteroatoms. The maximum Gasteiger partial charge on any atom is 0.123 e. The van der Waals surface area contributed by atoms with Crippen LogP contribution in [0.4, 0.5) is 4.39 Å². The van der Waals surface area contributed by atoms with E-state index >= 15 is 0 Å². The Kier molecular flexibility index (Phi) is 5.74. The number of benzene rings is 2. The zero-order valence-electron chi connectivity index (χ0n) is 12.0. The molecule has 0 amide bonds. The summed E-state index contributed by atoms with van der Waals surface area (Å²) in [6.45, 7) is 1.34. The molecule has 112 valence electrons. The SMILES string of the molecule is CN(CCC(O)c1ccccc1Cl)Cc1cccc(F)c1. The second kappa shape index (κ2) is 7.55. The van der Waals surface area contributed by atoms with Crippen LogP contribution in [0, 0.1) is 5.82 Å². The summed E-state index contributed by atoms with van der Waals surface area (Å²) < 4.78 is 13.1. The van der Waals surface area contributed by atoms with Crippen molar-refractivity contribution in [3.8, 4) is 0 Å². The lowest BCUT2D eigenvalue weighted by Gasteiger charge is -2.19. The minimum atomic E-state index is -0.589. The zero-order valence-corrected chi connectivity index (χ0v) is 12.7. The molecule has 0 aliphatic rings. The van der Waals surface area contributed by atoms with Crippen molar-refractivity contribution in [1.82, 2.24) is 4.90 Å². The normalized spacial score (nSPS) is 12.6. The summed E-state index contributed by atoms with van der Waals surface area (Å²) in [7, 11) is 1.95. The van der Waals surface area contributed by atoms with E-state index < -0.39 is 6.10 Å². The van der Waals surface area contributed by atoms with Crippen molar-refractivity contribution in [1.29, 1.82) is 0 Å². The molecule has 0 radical (unpaired) electrons. The van der Waals surface area contributed by atoms with E-state index in [9.17, 15) is 9.50 Å². The minimum absolute atomic E-state index is 0.225. The fraction of sp³-hybridized carbons (Fsp3) is 0.294. The van der Waals surface area contributed by atoms with Gasteiger partial charge in [-0.25, -0.2) is 4.39 Å². The van der Waals surface area contributed by atoms with E-state index in [4.69, 9.17) is 11.6 Å². The summed E-state index contributed by atoms with van der Waals surface area (Å²) in [6.07, 6.45) is -0.0103. The Labute approximate surface area is 129 Å². The molecule has 2 rings (SSSR count). The highest BCUT2D eigenvalue weighted by molar-refractivity contribution is 6.31. The number of halogens is 2. The van der Waals surface area contributed by atoms with Gasteiger partial charge in [-0.1, -0.05) is 41.9 Å². The molecule has 0 aliphatic carbocycles. The van der Waals surface area contributed by atoms with Gasteiger partial charge in [-0.3, -0.25) is 0 Å². The number of nitrogens with zero attached hydrogens (tertiary/aromatic N) is 1. The molecule has 0 heterocycles. The van der Waals surface area contributed by atoms with Crippen molar-refractivity contribution in [3.63, 3.8) is 0 Å². The lowest BCUT2D eigenvalue weighted by atomic mass is 10.1. The highest BCUT2D eigenvalue weighted by atomic mass is 35.5. The van der Waals surface area contributed by atoms with E-state index in [1.807, 2.05) is 31.3 Å². The first kappa shape index (κ1) is 16.0. The van der Waals surface area contributed by atoms with Crippen molar-refractivity contribution >= 4 is 11.6 Å². The van der Waals surface area contributed by atoms with Gasteiger partial charge in [0, 0.05) is 18.1 Å². The van der Waals surface area contributed by atoms with Crippen LogP contribution in [0.15, 0.2) is 48.5 Å². The van der Waals surface area contributed by atoms with Crippen LogP contribution in [0.5, 0.6) is 0 Å². The molecule has 0 saturated carbocycles. The molecule has 1 N–H and O–H groups in total. The molecule has 1 unspecified atom stereocenters. The van der Waals surface area contributed by atoms with Crippen molar-refractivity contribution in [2.45, 2.75) is 19.1 Å². The lowest BCUT2D eigenvalue weighted by Crippen LogP contribution is -2.21. The van der Waals surface area contributed by atoms with E-state index in [0.29, 0.717) is 24.5 Å². The monoisotopic (exact) mass is 307 g/mol. The fourth-order valence-electron chi connectivity index (χ4n) is 2.27. The topological polar surface area (TPSA) is 23.5 Å². The van der Waals surface area contributed by atoms with E-state index in [1.165, 1.54) is 12.1 Å². The van der Waals surface area contributed by atoms with Gasteiger partial charge in [0.2, 0.25) is 0 Å². The van der Waals surface area contributed by atoms with E-state index in [0.717, 1.165) is 11.1 Å². The van der Waals surface area contributed by atoms with Crippen molar-refractivity contribution in [2.75, 3.05) is 13.6 Å². The predicted molar refractivity (Wildman–Crippen MR) is 83.8 cm³/mol. The van der Waals surface area contributed by atoms with Crippen molar-refractivity contribution < 1.29 is 9.50 Å². The van der Waals surface area contributed by atoms with Gasteiger partial charge in [0.15, 0.2) is 0 Å². The molecule has 0 fully saturated rings.